The molecule has 0 bridgehead atoms. The fourth-order valence-electron chi connectivity index (χ4n) is 1.49. The topological polar surface area (TPSA) is 47.6 Å². The summed E-state index contributed by atoms with van der Waals surface area (Å²) in [6.07, 6.45) is 2.48. The maximum atomic E-state index is 11.6. The number of carbonyl (C=O) groups is 1. The van der Waals surface area contributed by atoms with Gasteiger partial charge in [-0.25, -0.2) is 0 Å². The molecule has 20 heavy (non-hydrogen) atoms. The van der Waals surface area contributed by atoms with Crippen LogP contribution in [-0.4, -0.2) is 18.1 Å². The molecule has 0 amide bonds. The molecule has 0 saturated carbocycles. The molecule has 1 rings (SSSR count). The second-order valence-corrected chi connectivity index (χ2v) is 5.35. The van der Waals surface area contributed by atoms with Gasteiger partial charge in [0.05, 0.1) is 6.10 Å². The van der Waals surface area contributed by atoms with Gasteiger partial charge in [-0.15, -0.1) is 6.58 Å². The van der Waals surface area contributed by atoms with Gasteiger partial charge in [0.15, 0.2) is 0 Å². The Morgan fingerprint density at radius 3 is 2.75 bits per heavy atom. The smallest absolute Gasteiger partial charge is 0.323 e. The van der Waals surface area contributed by atoms with Crippen molar-refractivity contribution in [3.8, 4) is 5.75 Å². The van der Waals surface area contributed by atoms with Crippen LogP contribution in [0.25, 0.3) is 0 Å². The normalized spacial score (nSPS) is 12.6. The van der Waals surface area contributed by atoms with E-state index in [2.05, 4.69) is 11.7 Å². The number of benzene rings is 1. The number of nitrogens with one attached hydrogen (secondary N) is 1. The highest BCUT2D eigenvalue weighted by Gasteiger charge is 2.15. The van der Waals surface area contributed by atoms with Gasteiger partial charge in [-0.2, -0.15) is 0 Å². The number of rotatable bonds is 8. The average Bonchev–Trinajstić information content (AvgIpc) is 2.40. The predicted molar refractivity (Wildman–Crippen MR) is 83.1 cm³/mol. The Kier molecular flexibility index (Phi) is 7.27. The summed E-state index contributed by atoms with van der Waals surface area (Å²) in [7, 11) is -0.00492. The lowest BCUT2D eigenvalue weighted by Crippen LogP contribution is -2.32. The Hall–Kier alpha value is -1.38. The maximum Gasteiger partial charge on any atom is 0.323 e. The Morgan fingerprint density at radius 2 is 2.10 bits per heavy atom. The van der Waals surface area contributed by atoms with Gasteiger partial charge in [0, 0.05) is 0 Å². The number of carbonyl (C=O) groups excluding carboxylic acids is 1. The fraction of sp³-hybridized carbons (Fsp3) is 0.400. The Balaban J connectivity index is 2.44. The van der Waals surface area contributed by atoms with E-state index in [0.29, 0.717) is 0 Å². The first-order valence-corrected chi connectivity index (χ1v) is 7.52. The van der Waals surface area contributed by atoms with E-state index in [1.54, 1.807) is 6.92 Å². The molecule has 0 fully saturated rings. The first kappa shape index (κ1) is 16.7. The molecule has 0 aliphatic rings. The van der Waals surface area contributed by atoms with Gasteiger partial charge in [0.1, 0.15) is 20.7 Å². The summed E-state index contributed by atoms with van der Waals surface area (Å²) in [5.41, 5.74) is 1.08. The molecule has 110 valence electrons. The van der Waals surface area contributed by atoms with E-state index in [1.165, 1.54) is 0 Å². The molecule has 1 aromatic carbocycles. The van der Waals surface area contributed by atoms with Crippen LogP contribution in [0.2, 0.25) is 0 Å². The van der Waals surface area contributed by atoms with Crippen molar-refractivity contribution in [2.45, 2.75) is 39.3 Å². The largest absolute Gasteiger partial charge is 0.462 e. The minimum absolute atomic E-state index is 0.00492. The van der Waals surface area contributed by atoms with Gasteiger partial charge in [0.25, 0.3) is 0 Å². The summed E-state index contributed by atoms with van der Waals surface area (Å²) >= 11 is 0. The van der Waals surface area contributed by atoms with Crippen LogP contribution in [0.5, 0.6) is 5.75 Å². The predicted octanol–water partition coefficient (Wildman–Crippen LogP) is 3.23. The van der Waals surface area contributed by atoms with E-state index < -0.39 is 0 Å². The van der Waals surface area contributed by atoms with E-state index in [-0.39, 0.29) is 27.1 Å². The monoisotopic (exact) mass is 295 g/mol. The van der Waals surface area contributed by atoms with E-state index in [1.807, 2.05) is 44.2 Å². The molecule has 0 saturated heterocycles. The van der Waals surface area contributed by atoms with Gasteiger partial charge >= 0.3 is 5.97 Å². The van der Waals surface area contributed by atoms with Crippen molar-refractivity contribution >= 4 is 14.9 Å². The lowest BCUT2D eigenvalue weighted by atomic mass is 10.1. The number of para-hydroxylation sites is 1. The standard InChI is InChI=1S/C15H22NO3P/c1-5-8-13-9-6-7-10-14(13)19-20-16-12(4)15(17)18-11(2)3/h5-7,9-12,16,20H,1,8H2,2-4H3/t12-/m0/s1. The lowest BCUT2D eigenvalue weighted by molar-refractivity contribution is -0.148. The summed E-state index contributed by atoms with van der Waals surface area (Å²) in [5.74, 6) is 0.540. The maximum absolute atomic E-state index is 11.6. The average molecular weight is 295 g/mol. The molecule has 1 aromatic rings. The fourth-order valence-corrected chi connectivity index (χ4v) is 2.16. The van der Waals surface area contributed by atoms with Gasteiger partial charge in [-0.1, -0.05) is 24.3 Å². The Bertz CT molecular complexity index is 448. The van der Waals surface area contributed by atoms with Crippen molar-refractivity contribution in [3.63, 3.8) is 0 Å². The highest BCUT2D eigenvalue weighted by molar-refractivity contribution is 7.30. The van der Waals surface area contributed by atoms with Crippen molar-refractivity contribution in [2.24, 2.45) is 0 Å². The summed E-state index contributed by atoms with van der Waals surface area (Å²) in [5, 5.41) is 3.01. The van der Waals surface area contributed by atoms with Crippen LogP contribution < -0.4 is 9.61 Å². The molecule has 5 heteroatoms. The van der Waals surface area contributed by atoms with Gasteiger partial charge < -0.3 is 9.26 Å². The molecule has 4 nitrogen and oxygen atoms in total. The van der Waals surface area contributed by atoms with Crippen molar-refractivity contribution in [1.29, 1.82) is 0 Å². The molecule has 0 aliphatic carbocycles. The molecular formula is C15H22NO3P. The summed E-state index contributed by atoms with van der Waals surface area (Å²) in [6.45, 7) is 9.14. The molecule has 0 aromatic heterocycles. The zero-order valence-corrected chi connectivity index (χ0v) is 13.2. The number of hydrogen-bond donors (Lipinski definition) is 1. The Labute approximate surface area is 122 Å². The molecular weight excluding hydrogens is 273 g/mol. The van der Waals surface area contributed by atoms with Gasteiger partial charge in [-0.05, 0) is 38.8 Å². The SMILES string of the molecule is C=CCc1ccccc1OPN[C@@H](C)C(=O)OC(C)C. The third kappa shape index (κ3) is 5.72. The second-order valence-electron chi connectivity index (χ2n) is 4.66. The summed E-state index contributed by atoms with van der Waals surface area (Å²) < 4.78 is 10.8. The lowest BCUT2D eigenvalue weighted by Gasteiger charge is -2.16. The minimum atomic E-state index is -0.387. The highest BCUT2D eigenvalue weighted by Crippen LogP contribution is 2.24. The highest BCUT2D eigenvalue weighted by atomic mass is 31.1. The zero-order valence-electron chi connectivity index (χ0n) is 12.2. The molecule has 1 unspecified atom stereocenters. The quantitative estimate of drug-likeness (QED) is 0.454. The second kappa shape index (κ2) is 8.72. The first-order valence-electron chi connectivity index (χ1n) is 6.61. The van der Waals surface area contributed by atoms with Crippen molar-refractivity contribution in [2.75, 3.05) is 0 Å². The van der Waals surface area contributed by atoms with Crippen molar-refractivity contribution < 1.29 is 14.1 Å². The van der Waals surface area contributed by atoms with E-state index >= 15 is 0 Å². The van der Waals surface area contributed by atoms with E-state index in [4.69, 9.17) is 9.26 Å². The van der Waals surface area contributed by atoms with E-state index in [0.717, 1.165) is 17.7 Å². The Morgan fingerprint density at radius 1 is 1.40 bits per heavy atom. The van der Waals surface area contributed by atoms with Crippen LogP contribution in [0.1, 0.15) is 26.3 Å². The number of allylic oxidation sites excluding steroid dienone is 1. The molecule has 0 spiro atoms. The molecule has 0 radical (unpaired) electrons. The molecule has 0 aliphatic heterocycles. The van der Waals surface area contributed by atoms with Gasteiger partial charge in [-0.3, -0.25) is 9.88 Å². The first-order chi connectivity index (χ1) is 9.54. The summed E-state index contributed by atoms with van der Waals surface area (Å²) in [6, 6.07) is 7.40. The van der Waals surface area contributed by atoms with Crippen LogP contribution in [0, 0.1) is 0 Å². The number of ether oxygens (including phenoxy) is 1. The number of hydrogen-bond acceptors (Lipinski definition) is 4. The van der Waals surface area contributed by atoms with Crippen LogP contribution >= 0.6 is 8.96 Å². The van der Waals surface area contributed by atoms with Gasteiger partial charge in [0.2, 0.25) is 0 Å². The van der Waals surface area contributed by atoms with Crippen LogP contribution in [0.15, 0.2) is 36.9 Å². The van der Waals surface area contributed by atoms with Crippen LogP contribution in [0.3, 0.4) is 0 Å². The number of esters is 1. The zero-order chi connectivity index (χ0) is 15.0. The third-order valence-corrected chi connectivity index (χ3v) is 3.35. The van der Waals surface area contributed by atoms with Crippen molar-refractivity contribution in [1.82, 2.24) is 5.09 Å². The molecule has 2 atom stereocenters. The summed E-state index contributed by atoms with van der Waals surface area (Å²) in [4.78, 5) is 11.6. The third-order valence-electron chi connectivity index (χ3n) is 2.48. The molecule has 0 heterocycles. The molecule has 1 N–H and O–H groups in total. The van der Waals surface area contributed by atoms with Crippen molar-refractivity contribution in [3.05, 3.63) is 42.5 Å². The minimum Gasteiger partial charge on any atom is -0.462 e. The van der Waals surface area contributed by atoms with Crippen LogP contribution in [0.4, 0.5) is 0 Å². The van der Waals surface area contributed by atoms with E-state index in [9.17, 15) is 4.79 Å². The van der Waals surface area contributed by atoms with Crippen LogP contribution in [-0.2, 0) is 16.0 Å².